The number of carbonyl (C=O) groups is 2. The van der Waals surface area contributed by atoms with Crippen molar-refractivity contribution >= 4 is 28.9 Å². The summed E-state index contributed by atoms with van der Waals surface area (Å²) in [5.74, 6) is -0.662. The van der Waals surface area contributed by atoms with Crippen LogP contribution >= 0.6 is 0 Å². The fraction of sp³-hybridized carbons (Fsp3) is 0.240. The molecule has 3 aromatic rings. The standard InChI is InChI=1S/C25H25NO7/c1-3-12-32-21-10-8-16(13-22(21)31-2)19(14-24(28)29)26-23(27)11-9-17-15-33-20-7-5-4-6-18(20)25(17)30/h4-11,13,15,19H,3,12,14H2,1-2H3,(H,26,27)(H,28,29)/b11-9+. The van der Waals surface area contributed by atoms with Crippen LogP contribution in [-0.2, 0) is 9.59 Å². The molecule has 2 N–H and O–H groups in total. The van der Waals surface area contributed by atoms with Crippen LogP contribution in [0.25, 0.3) is 17.0 Å². The Balaban J connectivity index is 1.80. The summed E-state index contributed by atoms with van der Waals surface area (Å²) in [4.78, 5) is 36.5. The van der Waals surface area contributed by atoms with Crippen LogP contribution in [0.4, 0.5) is 0 Å². The first-order valence-corrected chi connectivity index (χ1v) is 10.4. The van der Waals surface area contributed by atoms with E-state index in [2.05, 4.69) is 5.32 Å². The number of amides is 1. The number of carboxylic acid groups (broad SMARTS) is 1. The summed E-state index contributed by atoms with van der Waals surface area (Å²) >= 11 is 0. The van der Waals surface area contributed by atoms with Crippen molar-refractivity contribution in [2.24, 2.45) is 0 Å². The van der Waals surface area contributed by atoms with Gasteiger partial charge in [0.1, 0.15) is 11.8 Å². The molecule has 172 valence electrons. The van der Waals surface area contributed by atoms with Crippen molar-refractivity contribution < 1.29 is 28.6 Å². The quantitative estimate of drug-likeness (QED) is 0.449. The molecule has 0 saturated carbocycles. The van der Waals surface area contributed by atoms with E-state index in [0.717, 1.165) is 6.42 Å². The Kier molecular flexibility index (Phi) is 7.86. The Hall–Kier alpha value is -4.07. The van der Waals surface area contributed by atoms with Gasteiger partial charge in [-0.05, 0) is 42.3 Å². The van der Waals surface area contributed by atoms with E-state index < -0.39 is 17.9 Å². The maximum atomic E-state index is 12.6. The summed E-state index contributed by atoms with van der Waals surface area (Å²) < 4.78 is 16.4. The lowest BCUT2D eigenvalue weighted by atomic mass is 10.0. The molecule has 0 radical (unpaired) electrons. The Morgan fingerprint density at radius 2 is 1.97 bits per heavy atom. The molecular formula is C25H25NO7. The van der Waals surface area contributed by atoms with Gasteiger partial charge in [0, 0.05) is 6.08 Å². The molecule has 8 nitrogen and oxygen atoms in total. The molecule has 0 spiro atoms. The molecule has 2 aromatic carbocycles. The molecule has 0 saturated heterocycles. The molecular weight excluding hydrogens is 426 g/mol. The van der Waals surface area contributed by atoms with E-state index in [0.29, 0.717) is 34.6 Å². The lowest BCUT2D eigenvalue weighted by Crippen LogP contribution is -2.28. The van der Waals surface area contributed by atoms with Crippen LogP contribution in [0.2, 0.25) is 0 Å². The van der Waals surface area contributed by atoms with E-state index >= 15 is 0 Å². The van der Waals surface area contributed by atoms with E-state index in [4.69, 9.17) is 13.9 Å². The molecule has 8 heteroatoms. The highest BCUT2D eigenvalue weighted by Gasteiger charge is 2.19. The van der Waals surface area contributed by atoms with Crippen LogP contribution in [-0.4, -0.2) is 30.7 Å². The number of aliphatic carboxylic acids is 1. The molecule has 1 unspecified atom stereocenters. The number of carbonyl (C=O) groups excluding carboxylic acids is 1. The molecule has 0 fully saturated rings. The van der Waals surface area contributed by atoms with E-state index in [9.17, 15) is 19.5 Å². The largest absolute Gasteiger partial charge is 0.493 e. The predicted octanol–water partition coefficient (Wildman–Crippen LogP) is 3.94. The van der Waals surface area contributed by atoms with E-state index in [1.165, 1.54) is 25.5 Å². The van der Waals surface area contributed by atoms with Crippen LogP contribution in [0.5, 0.6) is 11.5 Å². The lowest BCUT2D eigenvalue weighted by Gasteiger charge is -2.18. The van der Waals surface area contributed by atoms with Gasteiger partial charge in [0.05, 0.1) is 37.1 Å². The van der Waals surface area contributed by atoms with Gasteiger partial charge in [-0.15, -0.1) is 0 Å². The van der Waals surface area contributed by atoms with Crippen molar-refractivity contribution in [3.05, 3.63) is 76.2 Å². The van der Waals surface area contributed by atoms with Crippen molar-refractivity contribution in [2.75, 3.05) is 13.7 Å². The monoisotopic (exact) mass is 451 g/mol. The van der Waals surface area contributed by atoms with E-state index in [1.54, 1.807) is 42.5 Å². The summed E-state index contributed by atoms with van der Waals surface area (Å²) in [5, 5.41) is 12.4. The summed E-state index contributed by atoms with van der Waals surface area (Å²) in [6.07, 6.45) is 4.28. The number of para-hydroxylation sites is 1. The van der Waals surface area contributed by atoms with Crippen molar-refractivity contribution in [2.45, 2.75) is 25.8 Å². The zero-order valence-electron chi connectivity index (χ0n) is 18.4. The van der Waals surface area contributed by atoms with Gasteiger partial charge >= 0.3 is 5.97 Å². The molecule has 0 aliphatic heterocycles. The van der Waals surface area contributed by atoms with Gasteiger partial charge < -0.3 is 24.3 Å². The van der Waals surface area contributed by atoms with Crippen molar-refractivity contribution in [1.82, 2.24) is 5.32 Å². The fourth-order valence-corrected chi connectivity index (χ4v) is 3.25. The second-order valence-corrected chi connectivity index (χ2v) is 7.27. The van der Waals surface area contributed by atoms with Gasteiger partial charge in [-0.2, -0.15) is 0 Å². The molecule has 3 rings (SSSR count). The Bertz CT molecular complexity index is 1230. The van der Waals surface area contributed by atoms with Gasteiger partial charge in [0.2, 0.25) is 5.91 Å². The van der Waals surface area contributed by atoms with Gasteiger partial charge in [0.25, 0.3) is 0 Å². The first-order valence-electron chi connectivity index (χ1n) is 10.4. The number of benzene rings is 2. The topological polar surface area (TPSA) is 115 Å². The highest BCUT2D eigenvalue weighted by molar-refractivity contribution is 5.92. The lowest BCUT2D eigenvalue weighted by molar-refractivity contribution is -0.137. The number of methoxy groups -OCH3 is 1. The van der Waals surface area contributed by atoms with Crippen molar-refractivity contribution in [3.8, 4) is 11.5 Å². The molecule has 1 aromatic heterocycles. The summed E-state index contributed by atoms with van der Waals surface area (Å²) in [5.41, 5.74) is 0.934. The Morgan fingerprint density at radius 1 is 1.18 bits per heavy atom. The Morgan fingerprint density at radius 3 is 2.70 bits per heavy atom. The smallest absolute Gasteiger partial charge is 0.305 e. The normalized spacial score (nSPS) is 11.9. The predicted molar refractivity (Wildman–Crippen MR) is 123 cm³/mol. The highest BCUT2D eigenvalue weighted by atomic mass is 16.5. The van der Waals surface area contributed by atoms with Crippen LogP contribution in [0.1, 0.15) is 36.9 Å². The van der Waals surface area contributed by atoms with Crippen LogP contribution in [0.15, 0.2) is 64.0 Å². The number of carboxylic acids is 1. The van der Waals surface area contributed by atoms with E-state index in [1.807, 2.05) is 6.92 Å². The number of hydrogen-bond donors (Lipinski definition) is 2. The molecule has 0 aliphatic rings. The van der Waals surface area contributed by atoms with Gasteiger partial charge in [-0.1, -0.05) is 25.1 Å². The third-order valence-corrected chi connectivity index (χ3v) is 4.87. The molecule has 1 amide bonds. The van der Waals surface area contributed by atoms with Crippen LogP contribution in [0, 0.1) is 0 Å². The average molecular weight is 451 g/mol. The number of nitrogens with one attached hydrogen (secondary N) is 1. The number of fused-ring (bicyclic) bond motifs is 1. The van der Waals surface area contributed by atoms with Crippen LogP contribution in [0.3, 0.4) is 0 Å². The second kappa shape index (κ2) is 11.0. The van der Waals surface area contributed by atoms with Gasteiger partial charge in [0.15, 0.2) is 16.9 Å². The number of ether oxygens (including phenoxy) is 2. The minimum Gasteiger partial charge on any atom is -0.493 e. The summed E-state index contributed by atoms with van der Waals surface area (Å²) in [6, 6.07) is 11.0. The third kappa shape index (κ3) is 6.00. The maximum Gasteiger partial charge on any atom is 0.305 e. The highest BCUT2D eigenvalue weighted by Crippen LogP contribution is 2.31. The van der Waals surface area contributed by atoms with Crippen LogP contribution < -0.4 is 20.2 Å². The molecule has 1 heterocycles. The first-order chi connectivity index (χ1) is 15.9. The molecule has 0 aliphatic carbocycles. The first kappa shape index (κ1) is 23.6. The number of hydrogen-bond acceptors (Lipinski definition) is 6. The molecule has 1 atom stereocenters. The zero-order chi connectivity index (χ0) is 23.8. The van der Waals surface area contributed by atoms with Gasteiger partial charge in [-0.25, -0.2) is 0 Å². The van der Waals surface area contributed by atoms with Crippen molar-refractivity contribution in [1.29, 1.82) is 0 Å². The molecule has 0 bridgehead atoms. The summed E-state index contributed by atoms with van der Waals surface area (Å²) in [7, 11) is 1.49. The second-order valence-electron chi connectivity index (χ2n) is 7.27. The van der Waals surface area contributed by atoms with Crippen molar-refractivity contribution in [3.63, 3.8) is 0 Å². The SMILES string of the molecule is CCCOc1ccc(C(CC(=O)O)NC(=O)/C=C/c2coc3ccccc3c2=O)cc1OC. The molecule has 33 heavy (non-hydrogen) atoms. The van der Waals surface area contributed by atoms with E-state index in [-0.39, 0.29) is 17.4 Å². The fourth-order valence-electron chi connectivity index (χ4n) is 3.25. The Labute approximate surface area is 190 Å². The van der Waals surface area contributed by atoms with Gasteiger partial charge in [-0.3, -0.25) is 14.4 Å². The zero-order valence-corrected chi connectivity index (χ0v) is 18.4. The number of rotatable bonds is 10. The minimum atomic E-state index is -1.08. The minimum absolute atomic E-state index is 0.206. The summed E-state index contributed by atoms with van der Waals surface area (Å²) in [6.45, 7) is 2.49. The third-order valence-electron chi connectivity index (χ3n) is 4.87. The average Bonchev–Trinajstić information content (AvgIpc) is 2.81. The maximum absolute atomic E-state index is 12.6.